The normalized spacial score (nSPS) is 10.8. The van der Waals surface area contributed by atoms with Gasteiger partial charge in [-0.2, -0.15) is 0 Å². The lowest BCUT2D eigenvalue weighted by atomic mass is 10.2. The van der Waals surface area contributed by atoms with Crippen LogP contribution in [0.3, 0.4) is 0 Å². The number of unbranched alkanes of at least 4 members (excludes halogenated alkanes) is 2. The lowest BCUT2D eigenvalue weighted by Gasteiger charge is -2.11. The van der Waals surface area contributed by atoms with E-state index in [9.17, 15) is 0 Å². The van der Waals surface area contributed by atoms with E-state index in [1.165, 1.54) is 12.8 Å². The van der Waals surface area contributed by atoms with Crippen molar-refractivity contribution in [3.05, 3.63) is 12.7 Å². The number of anilines is 1. The zero-order chi connectivity index (χ0) is 13.0. The summed E-state index contributed by atoms with van der Waals surface area (Å²) in [6, 6.07) is 0. The van der Waals surface area contributed by atoms with Crippen molar-refractivity contribution in [1.29, 1.82) is 0 Å². The van der Waals surface area contributed by atoms with Gasteiger partial charge >= 0.3 is 0 Å². The number of imidazole rings is 1. The Balaban J connectivity index is 2.18. The molecule has 0 aliphatic heterocycles. The Bertz CT molecular complexity index is 504. The minimum Gasteiger partial charge on any atom is -0.361 e. The number of aromatic nitrogens is 4. The van der Waals surface area contributed by atoms with Gasteiger partial charge in [0, 0.05) is 20.6 Å². The van der Waals surface area contributed by atoms with Crippen molar-refractivity contribution in [3.63, 3.8) is 0 Å². The molecule has 2 heterocycles. The second kappa shape index (κ2) is 5.66. The monoisotopic (exact) mass is 248 g/mol. The summed E-state index contributed by atoms with van der Waals surface area (Å²) in [5, 5.41) is 0. The molecule has 18 heavy (non-hydrogen) atoms. The zero-order valence-electron chi connectivity index (χ0n) is 11.2. The van der Waals surface area contributed by atoms with Crippen molar-refractivity contribution < 1.29 is 0 Å². The van der Waals surface area contributed by atoms with Crippen LogP contribution in [-0.4, -0.2) is 40.3 Å². The highest BCUT2D eigenvalue weighted by Crippen LogP contribution is 2.18. The summed E-state index contributed by atoms with van der Waals surface area (Å²) in [7, 11) is 3.91. The lowest BCUT2D eigenvalue weighted by Crippen LogP contribution is -2.16. The molecule has 0 aliphatic carbocycles. The SMILES string of the molecule is CCCCCNn1cnc2c(N(C)C)ncnc21. The van der Waals surface area contributed by atoms with Gasteiger partial charge in [-0.25, -0.2) is 19.6 Å². The largest absolute Gasteiger partial charge is 0.361 e. The van der Waals surface area contributed by atoms with Crippen molar-refractivity contribution in [3.8, 4) is 0 Å². The van der Waals surface area contributed by atoms with Crippen LogP contribution in [0.25, 0.3) is 11.2 Å². The third-order valence-corrected chi connectivity index (χ3v) is 2.80. The summed E-state index contributed by atoms with van der Waals surface area (Å²) in [4.78, 5) is 14.8. The van der Waals surface area contributed by atoms with E-state index in [0.717, 1.165) is 29.9 Å². The van der Waals surface area contributed by atoms with E-state index in [1.54, 1.807) is 12.7 Å². The highest BCUT2D eigenvalue weighted by molar-refractivity contribution is 5.83. The van der Waals surface area contributed by atoms with Gasteiger partial charge in [0.25, 0.3) is 0 Å². The van der Waals surface area contributed by atoms with Crippen LogP contribution in [-0.2, 0) is 0 Å². The van der Waals surface area contributed by atoms with Crippen LogP contribution in [0.15, 0.2) is 12.7 Å². The lowest BCUT2D eigenvalue weighted by molar-refractivity contribution is 0.705. The van der Waals surface area contributed by atoms with Gasteiger partial charge in [-0.1, -0.05) is 19.8 Å². The molecule has 2 aromatic rings. The molecule has 0 radical (unpaired) electrons. The van der Waals surface area contributed by atoms with E-state index in [0.29, 0.717) is 0 Å². The first-order valence-corrected chi connectivity index (χ1v) is 6.33. The Hall–Kier alpha value is -1.85. The van der Waals surface area contributed by atoms with Gasteiger partial charge in [-0.05, 0) is 6.42 Å². The molecule has 0 unspecified atom stereocenters. The first kappa shape index (κ1) is 12.6. The molecule has 0 spiro atoms. The summed E-state index contributed by atoms with van der Waals surface area (Å²) >= 11 is 0. The van der Waals surface area contributed by atoms with Crippen molar-refractivity contribution in [1.82, 2.24) is 19.6 Å². The molecular weight excluding hydrogens is 228 g/mol. The molecule has 6 nitrogen and oxygen atoms in total. The Morgan fingerprint density at radius 3 is 2.78 bits per heavy atom. The average Bonchev–Trinajstić information content (AvgIpc) is 2.77. The Morgan fingerprint density at radius 1 is 1.22 bits per heavy atom. The number of nitrogens with one attached hydrogen (secondary N) is 1. The maximum absolute atomic E-state index is 4.37. The third-order valence-electron chi connectivity index (χ3n) is 2.80. The highest BCUT2D eigenvalue weighted by Gasteiger charge is 2.10. The predicted molar refractivity (Wildman–Crippen MR) is 73.4 cm³/mol. The van der Waals surface area contributed by atoms with E-state index in [2.05, 4.69) is 27.3 Å². The van der Waals surface area contributed by atoms with Crippen LogP contribution < -0.4 is 10.3 Å². The molecule has 98 valence electrons. The second-order valence-corrected chi connectivity index (χ2v) is 4.49. The standard InChI is InChI=1S/C12H20N6/c1-4-5-6-7-16-18-9-15-10-11(17(2)3)13-8-14-12(10)18/h8-9,16H,4-7H2,1-3H3. The first-order chi connectivity index (χ1) is 8.74. The molecule has 0 atom stereocenters. The molecular formula is C12H20N6. The molecule has 2 rings (SSSR count). The molecule has 6 heteroatoms. The highest BCUT2D eigenvalue weighted by atomic mass is 15.4. The third kappa shape index (κ3) is 2.52. The van der Waals surface area contributed by atoms with Crippen molar-refractivity contribution in [2.24, 2.45) is 0 Å². The molecule has 0 saturated heterocycles. The molecule has 0 aromatic carbocycles. The van der Waals surface area contributed by atoms with Crippen molar-refractivity contribution >= 4 is 17.0 Å². The molecule has 1 N–H and O–H groups in total. The van der Waals surface area contributed by atoms with Crippen molar-refractivity contribution in [2.75, 3.05) is 31.0 Å². The molecule has 0 fully saturated rings. The van der Waals surface area contributed by atoms with E-state index in [1.807, 2.05) is 23.7 Å². The first-order valence-electron chi connectivity index (χ1n) is 6.33. The van der Waals surface area contributed by atoms with E-state index in [-0.39, 0.29) is 0 Å². The van der Waals surface area contributed by atoms with E-state index >= 15 is 0 Å². The summed E-state index contributed by atoms with van der Waals surface area (Å²) < 4.78 is 1.87. The Kier molecular flexibility index (Phi) is 3.96. The van der Waals surface area contributed by atoms with Crippen LogP contribution in [0, 0.1) is 0 Å². The summed E-state index contributed by atoms with van der Waals surface area (Å²) in [5.74, 6) is 0.842. The topological polar surface area (TPSA) is 58.9 Å². The number of fused-ring (bicyclic) bond motifs is 1. The number of rotatable bonds is 6. The smallest absolute Gasteiger partial charge is 0.184 e. The summed E-state index contributed by atoms with van der Waals surface area (Å²) in [5.41, 5.74) is 4.96. The van der Waals surface area contributed by atoms with E-state index < -0.39 is 0 Å². The fourth-order valence-electron chi connectivity index (χ4n) is 1.84. The van der Waals surface area contributed by atoms with Gasteiger partial charge in [-0.3, -0.25) is 0 Å². The predicted octanol–water partition coefficient (Wildman–Crippen LogP) is 1.63. The minimum atomic E-state index is 0.824. The van der Waals surface area contributed by atoms with Gasteiger partial charge in [-0.15, -0.1) is 0 Å². The van der Waals surface area contributed by atoms with Gasteiger partial charge in [0.15, 0.2) is 17.0 Å². The fraction of sp³-hybridized carbons (Fsp3) is 0.583. The minimum absolute atomic E-state index is 0.824. The summed E-state index contributed by atoms with van der Waals surface area (Å²) in [6.07, 6.45) is 6.94. The Labute approximate surface area is 107 Å². The quantitative estimate of drug-likeness (QED) is 0.787. The van der Waals surface area contributed by atoms with Gasteiger partial charge in [0.05, 0.1) is 0 Å². The molecule has 0 amide bonds. The van der Waals surface area contributed by atoms with E-state index in [4.69, 9.17) is 0 Å². The van der Waals surface area contributed by atoms with Crippen molar-refractivity contribution in [2.45, 2.75) is 26.2 Å². The summed E-state index contributed by atoms with van der Waals surface area (Å²) in [6.45, 7) is 3.13. The van der Waals surface area contributed by atoms with Gasteiger partial charge in [0.2, 0.25) is 0 Å². The molecule has 0 saturated carbocycles. The van der Waals surface area contributed by atoms with Crippen LogP contribution >= 0.6 is 0 Å². The van der Waals surface area contributed by atoms with Crippen LogP contribution in [0.4, 0.5) is 5.82 Å². The molecule has 0 aliphatic rings. The maximum atomic E-state index is 4.37. The van der Waals surface area contributed by atoms with Crippen LogP contribution in [0.5, 0.6) is 0 Å². The molecule has 0 bridgehead atoms. The maximum Gasteiger partial charge on any atom is 0.184 e. The van der Waals surface area contributed by atoms with Crippen LogP contribution in [0.1, 0.15) is 26.2 Å². The zero-order valence-corrected chi connectivity index (χ0v) is 11.2. The number of hydrogen-bond donors (Lipinski definition) is 1. The molecule has 2 aromatic heterocycles. The number of nitrogens with zero attached hydrogens (tertiary/aromatic N) is 5. The average molecular weight is 248 g/mol. The number of hydrogen-bond acceptors (Lipinski definition) is 5. The Morgan fingerprint density at radius 2 is 2.06 bits per heavy atom. The van der Waals surface area contributed by atoms with Crippen LogP contribution in [0.2, 0.25) is 0 Å². The second-order valence-electron chi connectivity index (χ2n) is 4.49. The van der Waals surface area contributed by atoms with Gasteiger partial charge < -0.3 is 10.3 Å². The fourth-order valence-corrected chi connectivity index (χ4v) is 1.84. The van der Waals surface area contributed by atoms with Gasteiger partial charge in [0.1, 0.15) is 12.7 Å².